The standard InChI is InChI=1S/C11H18BrN3O2S/c1-5-13-11-10(6-9(12)7-14-11)18(16,17)15(4)8(2)3/h6-8H,5H2,1-4H3,(H,13,14). The first-order chi connectivity index (χ1) is 8.30. The molecule has 0 aliphatic carbocycles. The van der Waals surface area contributed by atoms with Gasteiger partial charge < -0.3 is 5.32 Å². The molecule has 1 rings (SSSR count). The number of rotatable bonds is 5. The van der Waals surface area contributed by atoms with E-state index in [1.165, 1.54) is 4.31 Å². The van der Waals surface area contributed by atoms with Crippen molar-refractivity contribution in [2.24, 2.45) is 0 Å². The molecule has 0 amide bonds. The lowest BCUT2D eigenvalue weighted by atomic mass is 10.4. The van der Waals surface area contributed by atoms with E-state index in [-0.39, 0.29) is 10.9 Å². The smallest absolute Gasteiger partial charge is 0.246 e. The number of hydrogen-bond donors (Lipinski definition) is 1. The number of nitrogens with zero attached hydrogens (tertiary/aromatic N) is 2. The largest absolute Gasteiger partial charge is 0.369 e. The topological polar surface area (TPSA) is 62.3 Å². The maximum atomic E-state index is 12.4. The molecular weight excluding hydrogens is 318 g/mol. The van der Waals surface area contributed by atoms with Gasteiger partial charge in [-0.2, -0.15) is 4.31 Å². The Bertz CT molecular complexity index is 517. The average molecular weight is 336 g/mol. The molecule has 0 aliphatic rings. The maximum Gasteiger partial charge on any atom is 0.246 e. The van der Waals surface area contributed by atoms with Crippen molar-refractivity contribution in [3.05, 3.63) is 16.7 Å². The van der Waals surface area contributed by atoms with Crippen LogP contribution in [0.2, 0.25) is 0 Å². The van der Waals surface area contributed by atoms with Gasteiger partial charge >= 0.3 is 0 Å². The first-order valence-electron chi connectivity index (χ1n) is 5.68. The van der Waals surface area contributed by atoms with Crippen molar-refractivity contribution < 1.29 is 8.42 Å². The summed E-state index contributed by atoms with van der Waals surface area (Å²) >= 11 is 3.25. The summed E-state index contributed by atoms with van der Waals surface area (Å²) in [7, 11) is -1.97. The van der Waals surface area contributed by atoms with Gasteiger partial charge in [0.1, 0.15) is 10.7 Å². The molecule has 0 aliphatic heterocycles. The van der Waals surface area contributed by atoms with Crippen LogP contribution in [0.25, 0.3) is 0 Å². The molecule has 102 valence electrons. The second kappa shape index (κ2) is 5.99. The predicted octanol–water partition coefficient (Wildman–Crippen LogP) is 2.30. The molecule has 1 heterocycles. The predicted molar refractivity (Wildman–Crippen MR) is 76.2 cm³/mol. The molecule has 1 N–H and O–H groups in total. The number of hydrogen-bond acceptors (Lipinski definition) is 4. The van der Waals surface area contributed by atoms with Gasteiger partial charge in [0.15, 0.2) is 0 Å². The summed E-state index contributed by atoms with van der Waals surface area (Å²) in [6.07, 6.45) is 1.58. The summed E-state index contributed by atoms with van der Waals surface area (Å²) in [6.45, 7) is 6.17. The van der Waals surface area contributed by atoms with Crippen LogP contribution in [-0.4, -0.2) is 37.3 Å². The van der Waals surface area contributed by atoms with Crippen molar-refractivity contribution in [3.63, 3.8) is 0 Å². The molecule has 0 atom stereocenters. The molecule has 0 fully saturated rings. The second-order valence-corrected chi connectivity index (χ2v) is 7.03. The second-order valence-electron chi connectivity index (χ2n) is 4.15. The number of anilines is 1. The van der Waals surface area contributed by atoms with Crippen LogP contribution in [0, 0.1) is 0 Å². The van der Waals surface area contributed by atoms with Gasteiger partial charge in [0.2, 0.25) is 10.0 Å². The van der Waals surface area contributed by atoms with Gasteiger partial charge in [-0.05, 0) is 42.8 Å². The molecule has 0 radical (unpaired) electrons. The van der Waals surface area contributed by atoms with E-state index in [0.717, 1.165) is 0 Å². The van der Waals surface area contributed by atoms with Crippen molar-refractivity contribution in [2.75, 3.05) is 18.9 Å². The quantitative estimate of drug-likeness (QED) is 0.896. The van der Waals surface area contributed by atoms with Gasteiger partial charge in [0.25, 0.3) is 0 Å². The van der Waals surface area contributed by atoms with Crippen molar-refractivity contribution >= 4 is 31.8 Å². The van der Waals surface area contributed by atoms with E-state index in [2.05, 4.69) is 26.2 Å². The van der Waals surface area contributed by atoms with E-state index in [4.69, 9.17) is 0 Å². The molecule has 0 bridgehead atoms. The lowest BCUT2D eigenvalue weighted by molar-refractivity contribution is 0.410. The highest BCUT2D eigenvalue weighted by Crippen LogP contribution is 2.26. The van der Waals surface area contributed by atoms with E-state index in [1.54, 1.807) is 19.3 Å². The van der Waals surface area contributed by atoms with Crippen LogP contribution in [0.1, 0.15) is 20.8 Å². The molecule has 5 nitrogen and oxygen atoms in total. The van der Waals surface area contributed by atoms with Gasteiger partial charge in [-0.1, -0.05) is 0 Å². The van der Waals surface area contributed by atoms with Gasteiger partial charge in [-0.25, -0.2) is 13.4 Å². The molecule has 1 aromatic rings. The van der Waals surface area contributed by atoms with Crippen LogP contribution < -0.4 is 5.32 Å². The Labute approximate surface area is 117 Å². The summed E-state index contributed by atoms with van der Waals surface area (Å²) in [5, 5.41) is 2.97. The average Bonchev–Trinajstić information content (AvgIpc) is 2.30. The SMILES string of the molecule is CCNc1ncc(Br)cc1S(=O)(=O)N(C)C(C)C. The van der Waals surface area contributed by atoms with E-state index >= 15 is 0 Å². The fourth-order valence-electron chi connectivity index (χ4n) is 1.35. The van der Waals surface area contributed by atoms with E-state index in [9.17, 15) is 8.42 Å². The molecule has 0 aromatic carbocycles. The zero-order chi connectivity index (χ0) is 13.9. The van der Waals surface area contributed by atoms with Crippen LogP contribution in [0.3, 0.4) is 0 Å². The molecular formula is C11H18BrN3O2S. The van der Waals surface area contributed by atoms with E-state index in [1.807, 2.05) is 20.8 Å². The fourth-order valence-corrected chi connectivity index (χ4v) is 3.34. The third-order valence-electron chi connectivity index (χ3n) is 2.55. The monoisotopic (exact) mass is 335 g/mol. The lowest BCUT2D eigenvalue weighted by Crippen LogP contribution is -2.33. The minimum Gasteiger partial charge on any atom is -0.369 e. The summed E-state index contributed by atoms with van der Waals surface area (Å²) in [5.74, 6) is 0.383. The van der Waals surface area contributed by atoms with Crippen LogP contribution in [0.5, 0.6) is 0 Å². The zero-order valence-corrected chi connectivity index (χ0v) is 13.3. The highest BCUT2D eigenvalue weighted by atomic mass is 79.9. The van der Waals surface area contributed by atoms with Crippen molar-refractivity contribution in [1.82, 2.24) is 9.29 Å². The number of halogens is 1. The van der Waals surface area contributed by atoms with Crippen LogP contribution in [-0.2, 0) is 10.0 Å². The lowest BCUT2D eigenvalue weighted by Gasteiger charge is -2.22. The molecule has 0 saturated carbocycles. The van der Waals surface area contributed by atoms with Crippen molar-refractivity contribution in [1.29, 1.82) is 0 Å². The number of sulfonamides is 1. The Morgan fingerprint density at radius 3 is 2.61 bits per heavy atom. The van der Waals surface area contributed by atoms with E-state index in [0.29, 0.717) is 16.8 Å². The third kappa shape index (κ3) is 3.21. The summed E-state index contributed by atoms with van der Waals surface area (Å²) in [6, 6.07) is 1.46. The first kappa shape index (κ1) is 15.4. The zero-order valence-electron chi connectivity index (χ0n) is 10.9. The highest BCUT2D eigenvalue weighted by Gasteiger charge is 2.26. The molecule has 7 heteroatoms. The third-order valence-corrected chi connectivity index (χ3v) is 5.03. The first-order valence-corrected chi connectivity index (χ1v) is 7.91. The Morgan fingerprint density at radius 1 is 1.50 bits per heavy atom. The van der Waals surface area contributed by atoms with Crippen molar-refractivity contribution in [3.8, 4) is 0 Å². The summed E-state index contributed by atoms with van der Waals surface area (Å²) in [5.41, 5.74) is 0. The minimum absolute atomic E-state index is 0.108. The van der Waals surface area contributed by atoms with Crippen LogP contribution in [0.4, 0.5) is 5.82 Å². The van der Waals surface area contributed by atoms with Crippen LogP contribution >= 0.6 is 15.9 Å². The molecule has 0 spiro atoms. The Hall–Kier alpha value is -0.660. The highest BCUT2D eigenvalue weighted by molar-refractivity contribution is 9.10. The minimum atomic E-state index is -3.54. The summed E-state index contributed by atoms with van der Waals surface area (Å²) in [4.78, 5) is 4.30. The molecule has 0 unspecified atom stereocenters. The number of nitrogens with one attached hydrogen (secondary N) is 1. The molecule has 0 saturated heterocycles. The molecule has 1 aromatic heterocycles. The normalized spacial score (nSPS) is 12.2. The van der Waals surface area contributed by atoms with Crippen LogP contribution in [0.15, 0.2) is 21.6 Å². The Kier molecular flexibility index (Phi) is 5.12. The Morgan fingerprint density at radius 2 is 2.11 bits per heavy atom. The maximum absolute atomic E-state index is 12.4. The van der Waals surface area contributed by atoms with Gasteiger partial charge in [-0.3, -0.25) is 0 Å². The number of aromatic nitrogens is 1. The van der Waals surface area contributed by atoms with Gasteiger partial charge in [0, 0.05) is 30.3 Å². The Balaban J connectivity index is 3.34. The van der Waals surface area contributed by atoms with Gasteiger partial charge in [-0.15, -0.1) is 0 Å². The number of pyridine rings is 1. The van der Waals surface area contributed by atoms with Gasteiger partial charge in [0.05, 0.1) is 0 Å². The fraction of sp³-hybridized carbons (Fsp3) is 0.545. The molecule has 18 heavy (non-hydrogen) atoms. The summed E-state index contributed by atoms with van der Waals surface area (Å²) < 4.78 is 26.9. The van der Waals surface area contributed by atoms with Crippen molar-refractivity contribution in [2.45, 2.75) is 31.7 Å². The van der Waals surface area contributed by atoms with E-state index < -0.39 is 10.0 Å².